The zero-order valence-corrected chi connectivity index (χ0v) is 14.7. The molecule has 0 N–H and O–H groups in total. The largest absolute Gasteiger partial charge is 0.462 e. The summed E-state index contributed by atoms with van der Waals surface area (Å²) in [7, 11) is 0. The smallest absolute Gasteiger partial charge is 0.338 e. The molecule has 2 heteroatoms. The molecular formula is C24H20O2. The molecule has 0 radical (unpaired) electrons. The molecule has 2 nitrogen and oxygen atoms in total. The average Bonchev–Trinajstić information content (AvgIpc) is 2.68. The topological polar surface area (TPSA) is 26.3 Å². The van der Waals surface area contributed by atoms with Crippen molar-refractivity contribution in [2.75, 3.05) is 6.61 Å². The molecule has 0 aromatic heterocycles. The second-order valence-corrected chi connectivity index (χ2v) is 6.40. The van der Waals surface area contributed by atoms with E-state index in [1.807, 2.05) is 37.3 Å². The minimum atomic E-state index is -0.267. The summed E-state index contributed by atoms with van der Waals surface area (Å²) >= 11 is 0. The van der Waals surface area contributed by atoms with Gasteiger partial charge in [-0.15, -0.1) is 0 Å². The monoisotopic (exact) mass is 340 g/mol. The molecule has 0 amide bonds. The Morgan fingerprint density at radius 2 is 1.58 bits per heavy atom. The molecule has 0 heterocycles. The van der Waals surface area contributed by atoms with Crippen molar-refractivity contribution in [3.8, 4) is 0 Å². The maximum absolute atomic E-state index is 12.3. The van der Waals surface area contributed by atoms with Crippen molar-refractivity contribution in [1.82, 2.24) is 0 Å². The van der Waals surface area contributed by atoms with Crippen LogP contribution >= 0.6 is 0 Å². The third-order valence-electron chi connectivity index (χ3n) is 4.67. The van der Waals surface area contributed by atoms with E-state index in [1.165, 1.54) is 21.7 Å². The predicted octanol–water partition coefficient (Wildman–Crippen LogP) is 5.76. The van der Waals surface area contributed by atoms with Crippen LogP contribution in [0, 0.1) is 0 Å². The third kappa shape index (κ3) is 3.06. The zero-order chi connectivity index (χ0) is 17.9. The number of ether oxygens (including phenoxy) is 1. The van der Waals surface area contributed by atoms with Gasteiger partial charge in [-0.25, -0.2) is 4.79 Å². The Morgan fingerprint density at radius 3 is 2.38 bits per heavy atom. The van der Waals surface area contributed by atoms with E-state index in [2.05, 4.69) is 48.5 Å². The van der Waals surface area contributed by atoms with E-state index < -0.39 is 0 Å². The van der Waals surface area contributed by atoms with E-state index in [0.717, 1.165) is 17.4 Å². The van der Waals surface area contributed by atoms with E-state index >= 15 is 0 Å². The number of benzene rings is 4. The quantitative estimate of drug-likeness (QED) is 0.349. The van der Waals surface area contributed by atoms with Gasteiger partial charge >= 0.3 is 5.97 Å². The Bertz CT molecular complexity index is 1080. The normalized spacial score (nSPS) is 11.0. The molecule has 0 atom stereocenters. The highest BCUT2D eigenvalue weighted by Gasteiger charge is 2.13. The lowest BCUT2D eigenvalue weighted by molar-refractivity contribution is 0.0526. The lowest BCUT2D eigenvalue weighted by Gasteiger charge is -2.13. The fourth-order valence-corrected chi connectivity index (χ4v) is 3.52. The molecule has 4 aromatic carbocycles. The number of rotatable bonds is 4. The van der Waals surface area contributed by atoms with Gasteiger partial charge < -0.3 is 4.74 Å². The van der Waals surface area contributed by atoms with Gasteiger partial charge in [0.15, 0.2) is 0 Å². The van der Waals surface area contributed by atoms with Crippen molar-refractivity contribution >= 4 is 27.5 Å². The molecule has 4 rings (SSSR count). The number of hydrogen-bond acceptors (Lipinski definition) is 2. The van der Waals surface area contributed by atoms with Gasteiger partial charge in [0.2, 0.25) is 0 Å². The second kappa shape index (κ2) is 7.01. The molecule has 0 unspecified atom stereocenters. The van der Waals surface area contributed by atoms with E-state index in [1.54, 1.807) is 0 Å². The van der Waals surface area contributed by atoms with E-state index in [-0.39, 0.29) is 5.97 Å². The standard InChI is InChI=1S/C24H20O2/c1-2-26-24(25)21-15-19-13-12-18-10-6-7-11-22(18)23(19)20(16-21)14-17-8-4-3-5-9-17/h3-13,15-16H,2,14H2,1H3. The SMILES string of the molecule is CCOC(=O)c1cc(Cc2ccccc2)c2c(ccc3ccccc32)c1. The van der Waals surface area contributed by atoms with Crippen LogP contribution in [0.3, 0.4) is 0 Å². The highest BCUT2D eigenvalue weighted by atomic mass is 16.5. The summed E-state index contributed by atoms with van der Waals surface area (Å²) in [5.74, 6) is -0.267. The molecule has 0 aliphatic carbocycles. The minimum absolute atomic E-state index is 0.267. The Labute approximate surface area is 153 Å². The van der Waals surface area contributed by atoms with Gasteiger partial charge in [0.05, 0.1) is 12.2 Å². The van der Waals surface area contributed by atoms with Crippen LogP contribution < -0.4 is 0 Å². The van der Waals surface area contributed by atoms with Crippen LogP contribution in [-0.4, -0.2) is 12.6 Å². The molecule has 0 spiro atoms. The van der Waals surface area contributed by atoms with Crippen molar-refractivity contribution in [3.63, 3.8) is 0 Å². The van der Waals surface area contributed by atoms with E-state index in [9.17, 15) is 4.79 Å². The molecule has 0 fully saturated rings. The average molecular weight is 340 g/mol. The number of hydrogen-bond donors (Lipinski definition) is 0. The molecule has 128 valence electrons. The number of carbonyl (C=O) groups excluding carboxylic acids is 1. The van der Waals surface area contributed by atoms with Crippen molar-refractivity contribution in [3.05, 3.63) is 95.6 Å². The molecular weight excluding hydrogens is 320 g/mol. The van der Waals surface area contributed by atoms with Crippen LogP contribution in [0.5, 0.6) is 0 Å². The van der Waals surface area contributed by atoms with Crippen LogP contribution in [0.1, 0.15) is 28.4 Å². The van der Waals surface area contributed by atoms with Crippen LogP contribution in [-0.2, 0) is 11.2 Å². The maximum atomic E-state index is 12.3. The first-order valence-electron chi connectivity index (χ1n) is 8.91. The van der Waals surface area contributed by atoms with Gasteiger partial charge in [-0.3, -0.25) is 0 Å². The highest BCUT2D eigenvalue weighted by molar-refractivity contribution is 6.11. The third-order valence-corrected chi connectivity index (χ3v) is 4.67. The molecule has 0 aliphatic heterocycles. The van der Waals surface area contributed by atoms with Gasteiger partial charge in [-0.2, -0.15) is 0 Å². The molecule has 0 aliphatic rings. The Hall–Kier alpha value is -3.13. The molecule has 0 saturated heterocycles. The van der Waals surface area contributed by atoms with Gasteiger partial charge in [0.25, 0.3) is 0 Å². The summed E-state index contributed by atoms with van der Waals surface area (Å²) in [5, 5.41) is 4.70. The van der Waals surface area contributed by atoms with Gasteiger partial charge in [0, 0.05) is 0 Å². The first-order valence-corrected chi connectivity index (χ1v) is 8.91. The van der Waals surface area contributed by atoms with E-state index in [4.69, 9.17) is 4.74 Å². The van der Waals surface area contributed by atoms with E-state index in [0.29, 0.717) is 12.2 Å². The molecule has 0 bridgehead atoms. The van der Waals surface area contributed by atoms with Crippen LogP contribution in [0.2, 0.25) is 0 Å². The van der Waals surface area contributed by atoms with Crippen molar-refractivity contribution in [2.24, 2.45) is 0 Å². The number of fused-ring (bicyclic) bond motifs is 3. The fourth-order valence-electron chi connectivity index (χ4n) is 3.52. The Balaban J connectivity index is 1.97. The second-order valence-electron chi connectivity index (χ2n) is 6.40. The maximum Gasteiger partial charge on any atom is 0.338 e. The van der Waals surface area contributed by atoms with Gasteiger partial charge in [0.1, 0.15) is 0 Å². The summed E-state index contributed by atoms with van der Waals surface area (Å²) < 4.78 is 5.23. The van der Waals surface area contributed by atoms with Crippen LogP contribution in [0.25, 0.3) is 21.5 Å². The highest BCUT2D eigenvalue weighted by Crippen LogP contribution is 2.31. The molecule has 0 saturated carbocycles. The first kappa shape index (κ1) is 16.3. The first-order chi connectivity index (χ1) is 12.8. The van der Waals surface area contributed by atoms with Gasteiger partial charge in [-0.1, -0.05) is 66.7 Å². The lowest BCUT2D eigenvalue weighted by Crippen LogP contribution is -2.06. The zero-order valence-electron chi connectivity index (χ0n) is 14.7. The minimum Gasteiger partial charge on any atom is -0.462 e. The summed E-state index contributed by atoms with van der Waals surface area (Å²) in [6.45, 7) is 2.21. The lowest BCUT2D eigenvalue weighted by atomic mass is 9.92. The number of esters is 1. The predicted molar refractivity (Wildman–Crippen MR) is 107 cm³/mol. The fraction of sp³-hybridized carbons (Fsp3) is 0.125. The molecule has 4 aromatic rings. The Morgan fingerprint density at radius 1 is 0.846 bits per heavy atom. The van der Waals surface area contributed by atoms with Crippen molar-refractivity contribution in [2.45, 2.75) is 13.3 Å². The summed E-state index contributed by atoms with van der Waals surface area (Å²) in [6, 6.07) is 26.9. The van der Waals surface area contributed by atoms with Crippen molar-refractivity contribution in [1.29, 1.82) is 0 Å². The van der Waals surface area contributed by atoms with Crippen LogP contribution in [0.15, 0.2) is 78.9 Å². The van der Waals surface area contributed by atoms with Crippen LogP contribution in [0.4, 0.5) is 0 Å². The number of carbonyl (C=O) groups is 1. The summed E-state index contributed by atoms with van der Waals surface area (Å²) in [4.78, 5) is 12.3. The summed E-state index contributed by atoms with van der Waals surface area (Å²) in [5.41, 5.74) is 2.98. The summed E-state index contributed by atoms with van der Waals surface area (Å²) in [6.07, 6.45) is 0.776. The van der Waals surface area contributed by atoms with Crippen molar-refractivity contribution < 1.29 is 9.53 Å². The van der Waals surface area contributed by atoms with Gasteiger partial charge in [-0.05, 0) is 58.1 Å². The Kier molecular flexibility index (Phi) is 4.40. The molecule has 26 heavy (non-hydrogen) atoms.